The van der Waals surface area contributed by atoms with Gasteiger partial charge >= 0.3 is 6.18 Å². The molecular weight excluding hydrogens is 536 g/mol. The van der Waals surface area contributed by atoms with Gasteiger partial charge in [0.05, 0.1) is 42.9 Å². The normalized spacial score (nSPS) is 17.9. The number of carbonyl (C=O) groups is 1. The summed E-state index contributed by atoms with van der Waals surface area (Å²) in [7, 11) is 1.31. The summed E-state index contributed by atoms with van der Waals surface area (Å²) in [5.41, 5.74) is 1.74. The maximum atomic E-state index is 14.5. The van der Waals surface area contributed by atoms with E-state index in [1.165, 1.54) is 37.4 Å². The number of anilines is 1. The van der Waals surface area contributed by atoms with Crippen molar-refractivity contribution in [2.45, 2.75) is 24.2 Å². The van der Waals surface area contributed by atoms with Crippen LogP contribution in [0.5, 0.6) is 11.5 Å². The number of hydrogen-bond acceptors (Lipinski definition) is 8. The summed E-state index contributed by atoms with van der Waals surface area (Å²) in [4.78, 5) is 17.0. The van der Waals surface area contributed by atoms with Crippen LogP contribution in [-0.4, -0.2) is 60.7 Å². The molecule has 1 amide bonds. The van der Waals surface area contributed by atoms with Gasteiger partial charge in [0.15, 0.2) is 11.5 Å². The highest BCUT2D eigenvalue weighted by Gasteiger charge is 2.57. The number of ether oxygens (including phenoxy) is 2. The van der Waals surface area contributed by atoms with Crippen molar-refractivity contribution in [2.24, 2.45) is 5.73 Å². The highest BCUT2D eigenvalue weighted by Crippen LogP contribution is 2.45. The van der Waals surface area contributed by atoms with E-state index in [2.05, 4.69) is 15.6 Å². The molecular formula is C27H28F4N4O5. The lowest BCUT2D eigenvalue weighted by Gasteiger charge is -2.31. The van der Waals surface area contributed by atoms with Crippen molar-refractivity contribution in [1.82, 2.24) is 10.3 Å². The number of aliphatic hydroxyl groups excluding tert-OH is 1. The minimum absolute atomic E-state index is 0.0361. The molecule has 0 fully saturated rings. The Bertz CT molecular complexity index is 1400. The number of nitrogens with zero attached hydrogens (tertiary/aromatic N) is 1. The van der Waals surface area contributed by atoms with E-state index in [-0.39, 0.29) is 48.1 Å². The van der Waals surface area contributed by atoms with E-state index in [0.29, 0.717) is 11.3 Å². The van der Waals surface area contributed by atoms with Crippen LogP contribution in [0.4, 0.5) is 23.2 Å². The van der Waals surface area contributed by atoms with Gasteiger partial charge in [0, 0.05) is 23.2 Å². The number of alkyl halides is 3. The fourth-order valence-electron chi connectivity index (χ4n) is 4.30. The van der Waals surface area contributed by atoms with Crippen molar-refractivity contribution < 1.29 is 42.0 Å². The molecule has 0 bridgehead atoms. The largest absolute Gasteiger partial charge is 0.493 e. The summed E-state index contributed by atoms with van der Waals surface area (Å²) in [6, 6.07) is 9.96. The van der Waals surface area contributed by atoms with Crippen LogP contribution in [-0.2, 0) is 11.1 Å². The van der Waals surface area contributed by atoms with Gasteiger partial charge in [0.2, 0.25) is 5.60 Å². The number of fused-ring (bicyclic) bond motifs is 1. The molecule has 1 aliphatic rings. The van der Waals surface area contributed by atoms with Crippen LogP contribution in [0.2, 0.25) is 0 Å². The van der Waals surface area contributed by atoms with E-state index < -0.39 is 41.3 Å². The summed E-state index contributed by atoms with van der Waals surface area (Å²) in [5.74, 6) is -1.15. The van der Waals surface area contributed by atoms with Crippen LogP contribution in [0, 0.1) is 5.82 Å². The molecule has 0 saturated carbocycles. The molecule has 4 rings (SSSR count). The number of hydrogen-bond donors (Lipinski definition) is 5. The topological polar surface area (TPSA) is 139 Å². The predicted octanol–water partition coefficient (Wildman–Crippen LogP) is 3.05. The smallest absolute Gasteiger partial charge is 0.424 e. The lowest BCUT2D eigenvalue weighted by Crippen LogP contribution is -2.51. The van der Waals surface area contributed by atoms with Gasteiger partial charge in [0.1, 0.15) is 12.4 Å². The Morgan fingerprint density at radius 2 is 1.88 bits per heavy atom. The Labute approximate surface area is 226 Å². The number of amides is 1. The molecule has 0 radical (unpaired) electrons. The van der Waals surface area contributed by atoms with Gasteiger partial charge in [-0.1, -0.05) is 0 Å². The Balaban J connectivity index is 1.71. The quantitative estimate of drug-likeness (QED) is 0.250. The van der Waals surface area contributed by atoms with Crippen LogP contribution in [0.25, 0.3) is 11.3 Å². The van der Waals surface area contributed by atoms with E-state index in [4.69, 9.17) is 20.3 Å². The standard InChI is InChI=1S/C27H28F4N4O5/c1-25(32)13-33-23-18(25)12-21(35-22(23)15-3-6-17(28)7-4-15)26(38,27(29,30)31)14-34-24(37)16-5-8-19(40-10-9-36)20(11-16)39-2/h3-8,11-12,33,36,38H,9-10,13-14,32H2,1-2H3,(H,34,37)/t25-,26+/m0/s1. The molecule has 40 heavy (non-hydrogen) atoms. The van der Waals surface area contributed by atoms with E-state index in [0.717, 1.165) is 18.2 Å². The van der Waals surface area contributed by atoms with E-state index in [1.54, 1.807) is 6.92 Å². The van der Waals surface area contributed by atoms with E-state index in [9.17, 15) is 27.5 Å². The Morgan fingerprint density at radius 1 is 1.18 bits per heavy atom. The van der Waals surface area contributed by atoms with Crippen molar-refractivity contribution in [3.63, 3.8) is 0 Å². The second-order valence-corrected chi connectivity index (χ2v) is 9.53. The van der Waals surface area contributed by atoms with Crippen molar-refractivity contribution >= 4 is 11.6 Å². The lowest BCUT2D eigenvalue weighted by molar-refractivity contribution is -0.265. The molecule has 2 heterocycles. The molecule has 13 heteroatoms. The van der Waals surface area contributed by atoms with Gasteiger partial charge in [-0.3, -0.25) is 4.79 Å². The molecule has 1 aromatic heterocycles. The number of nitrogens with one attached hydrogen (secondary N) is 2. The minimum atomic E-state index is -5.27. The Hall–Kier alpha value is -3.94. The number of nitrogens with two attached hydrogens (primary N) is 1. The fraction of sp³-hybridized carbons (Fsp3) is 0.333. The zero-order valence-corrected chi connectivity index (χ0v) is 21.6. The summed E-state index contributed by atoms with van der Waals surface area (Å²) in [6.07, 6.45) is -5.27. The van der Waals surface area contributed by atoms with Crippen LogP contribution in [0.15, 0.2) is 48.5 Å². The van der Waals surface area contributed by atoms with Crippen molar-refractivity contribution in [2.75, 3.05) is 38.7 Å². The molecule has 214 valence electrons. The number of benzene rings is 2. The third-order valence-corrected chi connectivity index (χ3v) is 6.56. The molecule has 0 saturated heterocycles. The van der Waals surface area contributed by atoms with Crippen LogP contribution in [0.3, 0.4) is 0 Å². The molecule has 0 spiro atoms. The van der Waals surface area contributed by atoms with E-state index in [1.807, 2.05) is 0 Å². The minimum Gasteiger partial charge on any atom is -0.493 e. The second kappa shape index (κ2) is 10.9. The zero-order chi connectivity index (χ0) is 29.3. The molecule has 2 atom stereocenters. The van der Waals surface area contributed by atoms with Crippen molar-refractivity contribution in [3.05, 3.63) is 71.2 Å². The average Bonchev–Trinajstić information content (AvgIpc) is 3.23. The van der Waals surface area contributed by atoms with Crippen molar-refractivity contribution in [1.29, 1.82) is 0 Å². The first-order valence-electron chi connectivity index (χ1n) is 12.1. The monoisotopic (exact) mass is 564 g/mol. The van der Waals surface area contributed by atoms with Gasteiger partial charge in [0.25, 0.3) is 5.91 Å². The zero-order valence-electron chi connectivity index (χ0n) is 21.6. The predicted molar refractivity (Wildman–Crippen MR) is 138 cm³/mol. The average molecular weight is 565 g/mol. The first-order chi connectivity index (χ1) is 18.8. The first kappa shape index (κ1) is 29.1. The summed E-state index contributed by atoms with van der Waals surface area (Å²) in [5, 5.41) is 25.2. The Morgan fingerprint density at radius 3 is 2.50 bits per heavy atom. The van der Waals surface area contributed by atoms with Gasteiger partial charge in [-0.15, -0.1) is 0 Å². The van der Waals surface area contributed by atoms with Crippen LogP contribution < -0.4 is 25.8 Å². The lowest BCUT2D eigenvalue weighted by atomic mass is 9.89. The highest BCUT2D eigenvalue weighted by molar-refractivity contribution is 5.95. The molecule has 0 aliphatic carbocycles. The van der Waals surface area contributed by atoms with Gasteiger partial charge in [-0.05, 0) is 55.5 Å². The molecule has 2 aromatic carbocycles. The maximum absolute atomic E-state index is 14.5. The third-order valence-electron chi connectivity index (χ3n) is 6.56. The molecule has 3 aromatic rings. The summed E-state index contributed by atoms with van der Waals surface area (Å²) >= 11 is 0. The molecule has 1 aliphatic heterocycles. The summed E-state index contributed by atoms with van der Waals surface area (Å²) in [6.45, 7) is 0.220. The first-order valence-corrected chi connectivity index (χ1v) is 12.1. The number of halogens is 4. The maximum Gasteiger partial charge on any atom is 0.424 e. The second-order valence-electron chi connectivity index (χ2n) is 9.53. The number of aromatic nitrogens is 1. The number of methoxy groups -OCH3 is 1. The highest BCUT2D eigenvalue weighted by atomic mass is 19.4. The van der Waals surface area contributed by atoms with Crippen LogP contribution in [0.1, 0.15) is 28.5 Å². The number of rotatable bonds is 9. The molecule has 0 unspecified atom stereocenters. The molecule has 9 nitrogen and oxygen atoms in total. The summed E-state index contributed by atoms with van der Waals surface area (Å²) < 4.78 is 67.4. The van der Waals surface area contributed by atoms with Crippen LogP contribution >= 0.6 is 0 Å². The fourth-order valence-corrected chi connectivity index (χ4v) is 4.30. The van der Waals surface area contributed by atoms with E-state index >= 15 is 0 Å². The van der Waals surface area contributed by atoms with Crippen molar-refractivity contribution in [3.8, 4) is 22.8 Å². The number of pyridine rings is 1. The number of aliphatic hydroxyl groups is 2. The van der Waals surface area contributed by atoms with Gasteiger partial charge in [-0.2, -0.15) is 13.2 Å². The SMILES string of the molecule is COc1cc(C(=O)NC[C@@](O)(c2cc3c(c(-c4ccc(F)cc4)n2)NC[C@]3(C)N)C(F)(F)F)ccc1OCCO. The number of carbonyl (C=O) groups excluding carboxylic acids is 1. The Kier molecular flexibility index (Phi) is 7.92. The van der Waals surface area contributed by atoms with Gasteiger partial charge < -0.3 is 36.1 Å². The molecule has 6 N–H and O–H groups in total. The van der Waals surface area contributed by atoms with Gasteiger partial charge in [-0.25, -0.2) is 9.37 Å². The third kappa shape index (κ3) is 5.53.